The molecule has 1 aromatic rings. The van der Waals surface area contributed by atoms with Crippen molar-refractivity contribution in [1.82, 2.24) is 5.32 Å². The fourth-order valence-electron chi connectivity index (χ4n) is 3.99. The van der Waals surface area contributed by atoms with Crippen molar-refractivity contribution < 1.29 is 9.59 Å². The second kappa shape index (κ2) is 7.25. The van der Waals surface area contributed by atoms with Crippen molar-refractivity contribution in [3.8, 4) is 11.8 Å². The highest BCUT2D eigenvalue weighted by Gasteiger charge is 2.29. The number of nitrogens with two attached hydrogens (primary N) is 1. The van der Waals surface area contributed by atoms with Crippen molar-refractivity contribution in [1.29, 1.82) is 0 Å². The van der Waals surface area contributed by atoms with Gasteiger partial charge in [0, 0.05) is 35.9 Å². The first-order valence-corrected chi connectivity index (χ1v) is 9.03. The van der Waals surface area contributed by atoms with Crippen molar-refractivity contribution in [3.63, 3.8) is 0 Å². The molecule has 136 valence electrons. The molecular weight excluding hydrogens is 326 g/mol. The maximum absolute atomic E-state index is 11.8. The highest BCUT2D eigenvalue weighted by Crippen LogP contribution is 2.41. The predicted octanol–water partition coefficient (Wildman–Crippen LogP) is 2.24. The Balaban J connectivity index is 1.92. The van der Waals surface area contributed by atoms with Gasteiger partial charge in [-0.05, 0) is 69.2 Å². The van der Waals surface area contributed by atoms with Gasteiger partial charge >= 0.3 is 0 Å². The predicted molar refractivity (Wildman–Crippen MR) is 104 cm³/mol. The molecule has 2 amide bonds. The molecule has 0 radical (unpaired) electrons. The first-order valence-electron chi connectivity index (χ1n) is 9.03. The minimum atomic E-state index is -0.378. The van der Waals surface area contributed by atoms with E-state index in [0.717, 1.165) is 49.2 Å². The van der Waals surface area contributed by atoms with Crippen LogP contribution in [0, 0.1) is 11.8 Å². The number of fused-ring (bicyclic) bond motifs is 1. The number of rotatable bonds is 3. The second-order valence-electron chi connectivity index (χ2n) is 7.07. The molecule has 26 heavy (non-hydrogen) atoms. The van der Waals surface area contributed by atoms with Crippen molar-refractivity contribution in [2.24, 2.45) is 5.73 Å². The number of allylic oxidation sites excluding steroid dienone is 2. The van der Waals surface area contributed by atoms with Gasteiger partial charge in [0.25, 0.3) is 5.91 Å². The lowest BCUT2D eigenvalue weighted by atomic mass is 9.95. The van der Waals surface area contributed by atoms with E-state index in [-0.39, 0.29) is 17.9 Å². The summed E-state index contributed by atoms with van der Waals surface area (Å²) in [6.45, 7) is 7.54. The minimum Gasteiger partial charge on any atom is -0.369 e. The summed E-state index contributed by atoms with van der Waals surface area (Å²) in [6.07, 6.45) is 2.72. The van der Waals surface area contributed by atoms with Crippen molar-refractivity contribution in [2.75, 3.05) is 18.0 Å². The Hall–Kier alpha value is -2.74. The molecule has 3 rings (SSSR count). The number of nitrogens with zero attached hydrogens (tertiary/aromatic N) is 1. The normalized spacial score (nSPS) is 18.9. The molecule has 0 bridgehead atoms. The SMILES string of the molecule is CC#CC(=O)N[C@H]1CCCN(c2ccc(C(N)=O)c3c2C(C)=C(C)C3)C1. The number of piperidine rings is 1. The quantitative estimate of drug-likeness (QED) is 0.820. The van der Waals surface area contributed by atoms with Crippen LogP contribution in [-0.4, -0.2) is 30.9 Å². The van der Waals surface area contributed by atoms with Crippen LogP contribution in [0.3, 0.4) is 0 Å². The van der Waals surface area contributed by atoms with Crippen LogP contribution < -0.4 is 16.0 Å². The number of nitrogens with one attached hydrogen (secondary N) is 1. The lowest BCUT2D eigenvalue weighted by Gasteiger charge is -2.36. The van der Waals surface area contributed by atoms with Crippen LogP contribution in [-0.2, 0) is 11.2 Å². The Labute approximate surface area is 154 Å². The zero-order valence-electron chi connectivity index (χ0n) is 15.6. The first-order chi connectivity index (χ1) is 12.4. The van der Waals surface area contributed by atoms with E-state index < -0.39 is 0 Å². The highest BCUT2D eigenvalue weighted by molar-refractivity contribution is 5.99. The molecule has 2 aliphatic rings. The summed E-state index contributed by atoms with van der Waals surface area (Å²) in [7, 11) is 0. The topological polar surface area (TPSA) is 75.4 Å². The zero-order chi connectivity index (χ0) is 18.8. The Bertz CT molecular complexity index is 858. The molecule has 1 fully saturated rings. The number of amides is 2. The minimum absolute atomic E-state index is 0.0790. The summed E-state index contributed by atoms with van der Waals surface area (Å²) < 4.78 is 0. The third-order valence-electron chi connectivity index (χ3n) is 5.35. The van der Waals surface area contributed by atoms with Crippen molar-refractivity contribution in [3.05, 3.63) is 34.4 Å². The molecule has 1 atom stereocenters. The number of anilines is 1. The number of hydrogen-bond donors (Lipinski definition) is 2. The summed E-state index contributed by atoms with van der Waals surface area (Å²) >= 11 is 0. The molecule has 1 saturated heterocycles. The first kappa shape index (κ1) is 18.1. The van der Waals surface area contributed by atoms with Gasteiger partial charge in [-0.2, -0.15) is 0 Å². The van der Waals surface area contributed by atoms with Crippen LogP contribution in [0.25, 0.3) is 5.57 Å². The average Bonchev–Trinajstić information content (AvgIpc) is 2.89. The van der Waals surface area contributed by atoms with Gasteiger partial charge in [0.1, 0.15) is 0 Å². The molecule has 5 nitrogen and oxygen atoms in total. The average molecular weight is 351 g/mol. The summed E-state index contributed by atoms with van der Waals surface area (Å²) in [5.41, 5.74) is 12.0. The molecular formula is C21H25N3O2. The zero-order valence-corrected chi connectivity index (χ0v) is 15.6. The molecule has 3 N–H and O–H groups in total. The third-order valence-corrected chi connectivity index (χ3v) is 5.35. The van der Waals surface area contributed by atoms with Crippen LogP contribution in [0.2, 0.25) is 0 Å². The lowest BCUT2D eigenvalue weighted by molar-refractivity contribution is -0.116. The summed E-state index contributed by atoms with van der Waals surface area (Å²) in [4.78, 5) is 25.9. The van der Waals surface area contributed by atoms with Gasteiger partial charge in [-0.25, -0.2) is 0 Å². The van der Waals surface area contributed by atoms with E-state index in [1.54, 1.807) is 6.92 Å². The molecule has 0 saturated carbocycles. The summed E-state index contributed by atoms with van der Waals surface area (Å²) in [6, 6.07) is 3.92. The third kappa shape index (κ3) is 3.32. The molecule has 5 heteroatoms. The van der Waals surface area contributed by atoms with Crippen LogP contribution >= 0.6 is 0 Å². The molecule has 0 unspecified atom stereocenters. The standard InChI is InChI=1S/C21H25N3O2/c1-4-6-19(25)23-15-7-5-10-24(12-15)18-9-8-16(21(22)26)17-11-13(2)14(3)20(17)18/h8-9,15H,5,7,10-12H2,1-3H3,(H2,22,26)(H,23,25)/t15-/m0/s1. The molecule has 1 aliphatic carbocycles. The molecule has 1 heterocycles. The van der Waals surface area contributed by atoms with Gasteiger partial charge < -0.3 is 16.0 Å². The van der Waals surface area contributed by atoms with E-state index in [4.69, 9.17) is 5.73 Å². The fourth-order valence-corrected chi connectivity index (χ4v) is 3.99. The number of hydrogen-bond acceptors (Lipinski definition) is 3. The number of benzene rings is 1. The Kier molecular flexibility index (Phi) is 5.03. The number of primary amides is 1. The van der Waals surface area contributed by atoms with Gasteiger partial charge in [0.2, 0.25) is 5.91 Å². The van der Waals surface area contributed by atoms with E-state index in [1.165, 1.54) is 11.1 Å². The Morgan fingerprint density at radius 3 is 2.77 bits per heavy atom. The smallest absolute Gasteiger partial charge is 0.296 e. The molecule has 1 aromatic carbocycles. The number of carbonyl (C=O) groups is 2. The molecule has 0 spiro atoms. The summed E-state index contributed by atoms with van der Waals surface area (Å²) in [5.74, 6) is 4.58. The van der Waals surface area contributed by atoms with E-state index >= 15 is 0 Å². The van der Waals surface area contributed by atoms with Gasteiger partial charge in [-0.1, -0.05) is 11.5 Å². The van der Waals surface area contributed by atoms with Crippen LogP contribution in [0.4, 0.5) is 5.69 Å². The largest absolute Gasteiger partial charge is 0.369 e. The monoisotopic (exact) mass is 351 g/mol. The van der Waals surface area contributed by atoms with Gasteiger partial charge in [0.15, 0.2) is 0 Å². The van der Waals surface area contributed by atoms with Crippen LogP contribution in [0.15, 0.2) is 17.7 Å². The van der Waals surface area contributed by atoms with E-state index in [0.29, 0.717) is 5.56 Å². The summed E-state index contributed by atoms with van der Waals surface area (Å²) in [5, 5.41) is 3.00. The Morgan fingerprint density at radius 2 is 2.08 bits per heavy atom. The maximum atomic E-state index is 11.8. The highest BCUT2D eigenvalue weighted by atomic mass is 16.1. The molecule has 1 aliphatic heterocycles. The van der Waals surface area contributed by atoms with Gasteiger partial charge in [-0.3, -0.25) is 9.59 Å². The van der Waals surface area contributed by atoms with Crippen molar-refractivity contribution in [2.45, 2.75) is 46.1 Å². The van der Waals surface area contributed by atoms with Crippen LogP contribution in [0.1, 0.15) is 55.1 Å². The fraction of sp³-hybridized carbons (Fsp3) is 0.429. The van der Waals surface area contributed by atoms with Gasteiger partial charge in [0.05, 0.1) is 0 Å². The van der Waals surface area contributed by atoms with Gasteiger partial charge in [-0.15, -0.1) is 0 Å². The lowest BCUT2D eigenvalue weighted by Crippen LogP contribution is -2.47. The number of carbonyl (C=O) groups excluding carboxylic acids is 2. The Morgan fingerprint density at radius 1 is 1.31 bits per heavy atom. The van der Waals surface area contributed by atoms with E-state index in [9.17, 15) is 9.59 Å². The van der Waals surface area contributed by atoms with E-state index in [1.807, 2.05) is 12.1 Å². The maximum Gasteiger partial charge on any atom is 0.296 e. The molecule has 0 aromatic heterocycles. The van der Waals surface area contributed by atoms with Crippen molar-refractivity contribution >= 4 is 23.1 Å². The second-order valence-corrected chi connectivity index (χ2v) is 7.07. The van der Waals surface area contributed by atoms with Crippen LogP contribution in [0.5, 0.6) is 0 Å². The van der Waals surface area contributed by atoms with E-state index in [2.05, 4.69) is 35.9 Å².